The van der Waals surface area contributed by atoms with E-state index in [1.807, 2.05) is 0 Å². The van der Waals surface area contributed by atoms with Crippen molar-refractivity contribution in [3.8, 4) is 6.07 Å². The topological polar surface area (TPSA) is 90.4 Å². The number of hydrogen-bond acceptors (Lipinski definition) is 4. The molecule has 0 atom stereocenters. The number of halogens is 5. The first-order valence-corrected chi connectivity index (χ1v) is 10.4. The third kappa shape index (κ3) is 3.30. The van der Waals surface area contributed by atoms with Gasteiger partial charge in [0.1, 0.15) is 17.8 Å². The largest absolute Gasteiger partial charge is 0.420 e. The van der Waals surface area contributed by atoms with Crippen molar-refractivity contribution in [2.24, 2.45) is 5.73 Å². The Bertz CT molecular complexity index is 1280. The second kappa shape index (κ2) is 8.02. The summed E-state index contributed by atoms with van der Waals surface area (Å²) in [5, 5.41) is 8.70. The van der Waals surface area contributed by atoms with Crippen LogP contribution >= 0.6 is 12.2 Å². The van der Waals surface area contributed by atoms with Crippen molar-refractivity contribution >= 4 is 40.5 Å². The summed E-state index contributed by atoms with van der Waals surface area (Å²) in [5.41, 5.74) is 0.571. The number of benzene rings is 2. The van der Waals surface area contributed by atoms with Crippen LogP contribution in [0.15, 0.2) is 30.3 Å². The number of nitriles is 1. The lowest BCUT2D eigenvalue weighted by Crippen LogP contribution is -2.55. The number of rotatable bonds is 4. The lowest BCUT2D eigenvalue weighted by Gasteiger charge is -2.43. The van der Waals surface area contributed by atoms with E-state index in [0.29, 0.717) is 11.3 Å². The van der Waals surface area contributed by atoms with E-state index >= 15 is 4.39 Å². The molecular weight excluding hydrogens is 479 g/mol. The first-order valence-electron chi connectivity index (χ1n) is 9.95. The smallest absolute Gasteiger partial charge is 0.366 e. The third-order valence-corrected chi connectivity index (χ3v) is 6.48. The molecule has 2 fully saturated rings. The molecule has 0 aromatic heterocycles. The molecule has 1 aliphatic heterocycles. The van der Waals surface area contributed by atoms with Crippen molar-refractivity contribution in [1.29, 1.82) is 5.26 Å². The van der Waals surface area contributed by atoms with Gasteiger partial charge >= 0.3 is 6.18 Å². The summed E-state index contributed by atoms with van der Waals surface area (Å²) in [5.74, 6) is -3.40. The number of nitrogens with zero attached hydrogens (tertiary/aromatic N) is 3. The molecule has 2 aromatic carbocycles. The molecule has 12 heteroatoms. The summed E-state index contributed by atoms with van der Waals surface area (Å²) in [6, 6.07) is 6.90. The van der Waals surface area contributed by atoms with E-state index in [-0.39, 0.29) is 34.8 Å². The van der Waals surface area contributed by atoms with E-state index in [2.05, 4.69) is 0 Å². The van der Waals surface area contributed by atoms with Crippen molar-refractivity contribution in [2.45, 2.75) is 37.7 Å². The lowest BCUT2D eigenvalue weighted by atomic mass is 9.75. The van der Waals surface area contributed by atoms with Crippen LogP contribution in [0.3, 0.4) is 0 Å². The molecule has 1 heterocycles. The van der Waals surface area contributed by atoms with Gasteiger partial charge in [-0.3, -0.25) is 14.5 Å². The number of hydrogen-bond donors (Lipinski definition) is 1. The van der Waals surface area contributed by atoms with Crippen LogP contribution in [0.2, 0.25) is 0 Å². The van der Waals surface area contributed by atoms with Crippen molar-refractivity contribution in [2.75, 3.05) is 9.80 Å². The molecule has 2 aliphatic rings. The van der Waals surface area contributed by atoms with Crippen LogP contribution in [0.1, 0.15) is 46.3 Å². The minimum absolute atomic E-state index is 0.0583. The van der Waals surface area contributed by atoms with Gasteiger partial charge in [0.05, 0.1) is 17.3 Å². The van der Waals surface area contributed by atoms with Crippen molar-refractivity contribution in [1.82, 2.24) is 0 Å². The number of thiocarbonyl (C=S) groups is 1. The molecule has 0 unspecified atom stereocenters. The van der Waals surface area contributed by atoms with Gasteiger partial charge in [0.25, 0.3) is 5.91 Å². The summed E-state index contributed by atoms with van der Waals surface area (Å²) in [7, 11) is 0. The lowest BCUT2D eigenvalue weighted by molar-refractivity contribution is -0.140. The summed E-state index contributed by atoms with van der Waals surface area (Å²) in [6.45, 7) is -1.05. The van der Waals surface area contributed by atoms with Gasteiger partial charge in [0.2, 0.25) is 5.91 Å². The number of amides is 2. The predicted molar refractivity (Wildman–Crippen MR) is 115 cm³/mol. The second-order valence-corrected chi connectivity index (χ2v) is 8.28. The highest BCUT2D eigenvalue weighted by Crippen LogP contribution is 2.49. The number of nitrogens with two attached hydrogens (primary N) is 1. The number of carbonyl (C=O) groups is 2. The molecule has 2 aromatic rings. The van der Waals surface area contributed by atoms with Gasteiger partial charge in [-0.05, 0) is 67.4 Å². The SMILES string of the molecule is N#Cc1ccc(N2C(=O)C3(CCC3)N(c3ccc(C(N)=O)c(CF)c3)C2=S)c(F)c1C(F)(F)F. The molecule has 2 N–H and O–H groups in total. The van der Waals surface area contributed by atoms with Gasteiger partial charge in [0.15, 0.2) is 10.9 Å². The number of carbonyl (C=O) groups excluding carboxylic acids is 2. The average molecular weight is 494 g/mol. The molecule has 0 bridgehead atoms. The van der Waals surface area contributed by atoms with Crippen LogP contribution in [0.5, 0.6) is 0 Å². The molecule has 1 saturated heterocycles. The standard InChI is InChI=1S/C22H15F5N4O2S/c23-9-12-8-13(3-4-14(12)18(29)32)31-20(34)30(19(33)21(31)6-1-7-21)15-5-2-11(10-28)16(17(15)24)22(25,26)27/h2-5,8H,1,6-7,9H2,(H2,29,32). The zero-order valence-corrected chi connectivity index (χ0v) is 18.1. The van der Waals surface area contributed by atoms with Crippen LogP contribution in [0.25, 0.3) is 0 Å². The quantitative estimate of drug-likeness (QED) is 0.504. The summed E-state index contributed by atoms with van der Waals surface area (Å²) in [6.07, 6.45) is -4.05. The van der Waals surface area contributed by atoms with Crippen LogP contribution in [-0.2, 0) is 17.6 Å². The maximum atomic E-state index is 15.1. The summed E-state index contributed by atoms with van der Waals surface area (Å²) < 4.78 is 69.2. The van der Waals surface area contributed by atoms with Crippen molar-refractivity contribution in [3.05, 3.63) is 58.4 Å². The molecule has 2 amide bonds. The van der Waals surface area contributed by atoms with E-state index in [1.165, 1.54) is 29.2 Å². The average Bonchev–Trinajstić information content (AvgIpc) is 2.98. The van der Waals surface area contributed by atoms with Crippen LogP contribution in [0, 0.1) is 17.1 Å². The Hall–Kier alpha value is -3.59. The third-order valence-electron chi connectivity index (χ3n) is 6.12. The normalized spacial score (nSPS) is 17.2. The minimum Gasteiger partial charge on any atom is -0.366 e. The first kappa shape index (κ1) is 23.6. The second-order valence-electron chi connectivity index (χ2n) is 7.91. The highest BCUT2D eigenvalue weighted by atomic mass is 32.1. The fourth-order valence-corrected chi connectivity index (χ4v) is 4.83. The molecular formula is C22H15F5N4O2S. The van der Waals surface area contributed by atoms with Gasteiger partial charge in [-0.15, -0.1) is 0 Å². The molecule has 34 heavy (non-hydrogen) atoms. The number of primary amides is 1. The fraction of sp³-hybridized carbons (Fsp3) is 0.273. The minimum atomic E-state index is -5.19. The molecule has 176 valence electrons. The van der Waals surface area contributed by atoms with E-state index in [4.69, 9.17) is 23.2 Å². The zero-order valence-electron chi connectivity index (χ0n) is 17.2. The van der Waals surface area contributed by atoms with Gasteiger partial charge < -0.3 is 10.6 Å². The van der Waals surface area contributed by atoms with Gasteiger partial charge in [0, 0.05) is 11.3 Å². The van der Waals surface area contributed by atoms with E-state index in [0.717, 1.165) is 12.1 Å². The van der Waals surface area contributed by atoms with E-state index in [9.17, 15) is 27.2 Å². The molecule has 1 aliphatic carbocycles. The van der Waals surface area contributed by atoms with Crippen LogP contribution < -0.4 is 15.5 Å². The van der Waals surface area contributed by atoms with Crippen LogP contribution in [-0.4, -0.2) is 22.5 Å². The Balaban J connectivity index is 1.87. The first-order chi connectivity index (χ1) is 16.0. The van der Waals surface area contributed by atoms with Crippen molar-refractivity contribution in [3.63, 3.8) is 0 Å². The van der Waals surface area contributed by atoms with Gasteiger partial charge in [-0.25, -0.2) is 8.78 Å². The Morgan fingerprint density at radius 1 is 1.24 bits per heavy atom. The number of alkyl halides is 4. The van der Waals surface area contributed by atoms with Crippen LogP contribution in [0.4, 0.5) is 33.3 Å². The molecule has 1 saturated carbocycles. The molecule has 4 rings (SSSR count). The Labute approximate surface area is 195 Å². The molecule has 1 spiro atoms. The monoisotopic (exact) mass is 494 g/mol. The van der Waals surface area contributed by atoms with E-state index < -0.39 is 52.8 Å². The van der Waals surface area contributed by atoms with Gasteiger partial charge in [-0.1, -0.05) is 0 Å². The maximum Gasteiger partial charge on any atom is 0.420 e. The Kier molecular flexibility index (Phi) is 5.56. The Morgan fingerprint density at radius 3 is 2.41 bits per heavy atom. The highest BCUT2D eigenvalue weighted by Gasteiger charge is 2.60. The number of anilines is 2. The Morgan fingerprint density at radius 2 is 1.91 bits per heavy atom. The maximum absolute atomic E-state index is 15.1. The summed E-state index contributed by atoms with van der Waals surface area (Å²) in [4.78, 5) is 27.0. The highest BCUT2D eigenvalue weighted by molar-refractivity contribution is 7.81. The summed E-state index contributed by atoms with van der Waals surface area (Å²) >= 11 is 5.41. The fourth-order valence-electron chi connectivity index (χ4n) is 4.37. The van der Waals surface area contributed by atoms with Crippen molar-refractivity contribution < 1.29 is 31.5 Å². The van der Waals surface area contributed by atoms with E-state index in [1.54, 1.807) is 0 Å². The molecule has 0 radical (unpaired) electrons. The predicted octanol–water partition coefficient (Wildman–Crippen LogP) is 4.35. The zero-order chi connectivity index (χ0) is 25.0. The van der Waals surface area contributed by atoms with Gasteiger partial charge in [-0.2, -0.15) is 18.4 Å². The molecule has 6 nitrogen and oxygen atoms in total.